The SMILES string of the molecule is COc1ccc(-c2nc(COc3cccc(C(C)C)c3)no2)cc1. The highest BCUT2D eigenvalue weighted by Crippen LogP contribution is 2.22. The van der Waals surface area contributed by atoms with Crippen molar-refractivity contribution in [2.75, 3.05) is 7.11 Å². The van der Waals surface area contributed by atoms with E-state index in [1.807, 2.05) is 42.5 Å². The molecule has 0 aliphatic heterocycles. The Bertz CT molecular complexity index is 794. The first-order valence-electron chi connectivity index (χ1n) is 7.85. The van der Waals surface area contributed by atoms with Gasteiger partial charge in [0.1, 0.15) is 11.5 Å². The summed E-state index contributed by atoms with van der Waals surface area (Å²) in [5.41, 5.74) is 2.08. The molecule has 5 heteroatoms. The van der Waals surface area contributed by atoms with E-state index in [0.717, 1.165) is 17.1 Å². The molecule has 0 atom stereocenters. The van der Waals surface area contributed by atoms with Gasteiger partial charge in [-0.25, -0.2) is 0 Å². The second-order valence-electron chi connectivity index (χ2n) is 5.76. The Balaban J connectivity index is 1.66. The van der Waals surface area contributed by atoms with Gasteiger partial charge in [0, 0.05) is 5.56 Å². The van der Waals surface area contributed by atoms with Crippen molar-refractivity contribution in [3.63, 3.8) is 0 Å². The van der Waals surface area contributed by atoms with Crippen molar-refractivity contribution in [3.05, 3.63) is 59.9 Å². The lowest BCUT2D eigenvalue weighted by Gasteiger charge is -2.08. The van der Waals surface area contributed by atoms with E-state index in [0.29, 0.717) is 17.6 Å². The fraction of sp³-hybridized carbons (Fsp3) is 0.263. The van der Waals surface area contributed by atoms with Crippen molar-refractivity contribution in [1.82, 2.24) is 10.1 Å². The Hall–Kier alpha value is -2.82. The smallest absolute Gasteiger partial charge is 0.258 e. The summed E-state index contributed by atoms with van der Waals surface area (Å²) in [6.45, 7) is 4.57. The number of nitrogens with zero attached hydrogens (tertiary/aromatic N) is 2. The Morgan fingerprint density at radius 1 is 1.04 bits per heavy atom. The van der Waals surface area contributed by atoms with Crippen LogP contribution in [-0.2, 0) is 6.61 Å². The van der Waals surface area contributed by atoms with Crippen LogP contribution in [-0.4, -0.2) is 17.3 Å². The molecule has 2 aromatic carbocycles. The van der Waals surface area contributed by atoms with Crippen molar-refractivity contribution in [1.29, 1.82) is 0 Å². The Kier molecular flexibility index (Phi) is 4.79. The molecular formula is C19H20N2O3. The van der Waals surface area contributed by atoms with E-state index in [2.05, 4.69) is 30.1 Å². The molecule has 1 aromatic heterocycles. The number of hydrogen-bond donors (Lipinski definition) is 0. The highest BCUT2D eigenvalue weighted by Gasteiger charge is 2.10. The molecule has 1 heterocycles. The summed E-state index contributed by atoms with van der Waals surface area (Å²) in [6.07, 6.45) is 0. The maximum absolute atomic E-state index is 5.76. The molecular weight excluding hydrogens is 304 g/mol. The van der Waals surface area contributed by atoms with Crippen LogP contribution in [0.2, 0.25) is 0 Å². The standard InChI is InChI=1S/C19H20N2O3/c1-13(2)15-5-4-6-17(11-15)23-12-18-20-19(24-21-18)14-7-9-16(22-3)10-8-14/h4-11,13H,12H2,1-3H3. The highest BCUT2D eigenvalue weighted by atomic mass is 16.5. The molecule has 0 fully saturated rings. The summed E-state index contributed by atoms with van der Waals surface area (Å²) in [6, 6.07) is 15.5. The van der Waals surface area contributed by atoms with Gasteiger partial charge in [-0.2, -0.15) is 4.98 Å². The zero-order valence-corrected chi connectivity index (χ0v) is 14.0. The maximum atomic E-state index is 5.76. The van der Waals surface area contributed by atoms with Gasteiger partial charge in [0.25, 0.3) is 5.89 Å². The van der Waals surface area contributed by atoms with E-state index in [1.165, 1.54) is 5.56 Å². The van der Waals surface area contributed by atoms with Crippen LogP contribution in [0.25, 0.3) is 11.5 Å². The van der Waals surface area contributed by atoms with Gasteiger partial charge in [0.05, 0.1) is 7.11 Å². The third-order valence-electron chi connectivity index (χ3n) is 3.70. The van der Waals surface area contributed by atoms with Crippen LogP contribution in [0.1, 0.15) is 31.2 Å². The Morgan fingerprint density at radius 3 is 2.54 bits per heavy atom. The van der Waals surface area contributed by atoms with Crippen LogP contribution in [0.15, 0.2) is 53.1 Å². The van der Waals surface area contributed by atoms with E-state index in [4.69, 9.17) is 14.0 Å². The van der Waals surface area contributed by atoms with Gasteiger partial charge >= 0.3 is 0 Å². The number of hydrogen-bond acceptors (Lipinski definition) is 5. The predicted molar refractivity (Wildman–Crippen MR) is 91.1 cm³/mol. The minimum atomic E-state index is 0.265. The molecule has 0 aliphatic carbocycles. The van der Waals surface area contributed by atoms with Crippen molar-refractivity contribution < 1.29 is 14.0 Å². The summed E-state index contributed by atoms with van der Waals surface area (Å²) in [5.74, 6) is 3.02. The lowest BCUT2D eigenvalue weighted by molar-refractivity contribution is 0.286. The lowest BCUT2D eigenvalue weighted by Crippen LogP contribution is -1.98. The van der Waals surface area contributed by atoms with Gasteiger partial charge in [-0.15, -0.1) is 0 Å². The molecule has 0 N–H and O–H groups in total. The first-order chi connectivity index (χ1) is 11.7. The zero-order chi connectivity index (χ0) is 16.9. The van der Waals surface area contributed by atoms with Gasteiger partial charge in [0.2, 0.25) is 5.82 Å². The highest BCUT2D eigenvalue weighted by molar-refractivity contribution is 5.54. The molecule has 3 rings (SSSR count). The molecule has 0 bridgehead atoms. The molecule has 0 unspecified atom stereocenters. The molecule has 0 saturated heterocycles. The molecule has 0 radical (unpaired) electrons. The number of rotatable bonds is 6. The van der Waals surface area contributed by atoms with E-state index in [9.17, 15) is 0 Å². The van der Waals surface area contributed by atoms with Crippen molar-refractivity contribution in [2.45, 2.75) is 26.4 Å². The largest absolute Gasteiger partial charge is 0.497 e. The van der Waals surface area contributed by atoms with Crippen LogP contribution >= 0.6 is 0 Å². The number of aromatic nitrogens is 2. The summed E-state index contributed by atoms with van der Waals surface area (Å²) >= 11 is 0. The summed E-state index contributed by atoms with van der Waals surface area (Å²) in [5, 5.41) is 3.97. The van der Waals surface area contributed by atoms with E-state index in [1.54, 1.807) is 7.11 Å². The fourth-order valence-electron chi connectivity index (χ4n) is 2.27. The molecule has 124 valence electrons. The number of ether oxygens (including phenoxy) is 2. The first kappa shape index (κ1) is 16.1. The van der Waals surface area contributed by atoms with Crippen LogP contribution in [0.5, 0.6) is 11.5 Å². The fourth-order valence-corrected chi connectivity index (χ4v) is 2.27. The summed E-state index contributed by atoms with van der Waals surface area (Å²) in [7, 11) is 1.63. The van der Waals surface area contributed by atoms with Crippen LogP contribution < -0.4 is 9.47 Å². The van der Waals surface area contributed by atoms with E-state index < -0.39 is 0 Å². The lowest BCUT2D eigenvalue weighted by atomic mass is 10.0. The van der Waals surface area contributed by atoms with E-state index >= 15 is 0 Å². The van der Waals surface area contributed by atoms with Crippen molar-refractivity contribution in [3.8, 4) is 23.0 Å². The molecule has 0 amide bonds. The van der Waals surface area contributed by atoms with Crippen LogP contribution in [0.3, 0.4) is 0 Å². The average Bonchev–Trinajstić information content (AvgIpc) is 3.09. The molecule has 24 heavy (non-hydrogen) atoms. The van der Waals surface area contributed by atoms with Gasteiger partial charge in [-0.05, 0) is 47.9 Å². The number of benzene rings is 2. The molecule has 0 spiro atoms. The minimum Gasteiger partial charge on any atom is -0.497 e. The number of methoxy groups -OCH3 is 1. The summed E-state index contributed by atoms with van der Waals surface area (Å²) in [4.78, 5) is 4.36. The molecule has 3 aromatic rings. The van der Waals surface area contributed by atoms with Crippen LogP contribution in [0.4, 0.5) is 0 Å². The van der Waals surface area contributed by atoms with Crippen molar-refractivity contribution in [2.24, 2.45) is 0 Å². The maximum Gasteiger partial charge on any atom is 0.258 e. The van der Waals surface area contributed by atoms with Gasteiger partial charge in [-0.3, -0.25) is 0 Å². The third-order valence-corrected chi connectivity index (χ3v) is 3.70. The third kappa shape index (κ3) is 3.74. The average molecular weight is 324 g/mol. The second kappa shape index (κ2) is 7.17. The van der Waals surface area contributed by atoms with Crippen LogP contribution in [0, 0.1) is 0 Å². The predicted octanol–water partition coefficient (Wildman–Crippen LogP) is 4.45. The van der Waals surface area contributed by atoms with Gasteiger partial charge < -0.3 is 14.0 Å². The zero-order valence-electron chi connectivity index (χ0n) is 14.0. The topological polar surface area (TPSA) is 57.4 Å². The Morgan fingerprint density at radius 2 is 1.83 bits per heavy atom. The first-order valence-corrected chi connectivity index (χ1v) is 7.85. The van der Waals surface area contributed by atoms with Crippen molar-refractivity contribution >= 4 is 0 Å². The second-order valence-corrected chi connectivity index (χ2v) is 5.76. The van der Waals surface area contributed by atoms with E-state index in [-0.39, 0.29) is 6.61 Å². The molecule has 0 aliphatic rings. The Labute approximate surface area is 141 Å². The monoisotopic (exact) mass is 324 g/mol. The summed E-state index contributed by atoms with van der Waals surface area (Å²) < 4.78 is 16.2. The normalized spacial score (nSPS) is 10.8. The van der Waals surface area contributed by atoms with Gasteiger partial charge in [-0.1, -0.05) is 31.1 Å². The quantitative estimate of drug-likeness (QED) is 0.670. The molecule has 0 saturated carbocycles. The minimum absolute atomic E-state index is 0.265. The van der Waals surface area contributed by atoms with Gasteiger partial charge in [0.15, 0.2) is 6.61 Å². The molecule has 5 nitrogen and oxygen atoms in total.